The zero-order chi connectivity index (χ0) is 12.8. The van der Waals surface area contributed by atoms with Gasteiger partial charge in [-0.25, -0.2) is 0 Å². The Morgan fingerprint density at radius 3 is 1.89 bits per heavy atom. The van der Waals surface area contributed by atoms with E-state index in [1.165, 1.54) is 16.0 Å². The van der Waals surface area contributed by atoms with E-state index in [1.54, 1.807) is 11.8 Å². The second kappa shape index (κ2) is 6.83. The minimum atomic E-state index is 0.784. The van der Waals surface area contributed by atoms with Crippen molar-refractivity contribution in [3.8, 4) is 0 Å². The zero-order valence-corrected chi connectivity index (χ0v) is 11.9. The van der Waals surface area contributed by atoms with Gasteiger partial charge in [0.25, 0.3) is 0 Å². The van der Waals surface area contributed by atoms with Gasteiger partial charge in [-0.1, -0.05) is 35.9 Å². The van der Waals surface area contributed by atoms with Crippen molar-refractivity contribution in [1.29, 1.82) is 0 Å². The van der Waals surface area contributed by atoms with Gasteiger partial charge in [-0.05, 0) is 41.6 Å². The van der Waals surface area contributed by atoms with Crippen LogP contribution >= 0.6 is 23.4 Å². The molecule has 0 radical (unpaired) electrons. The molecular weight excluding hydrogens is 262 g/mol. The fourth-order valence-corrected chi connectivity index (χ4v) is 2.23. The lowest BCUT2D eigenvalue weighted by molar-refractivity contribution is 0.693. The normalized spacial score (nSPS) is 10.6. The van der Waals surface area contributed by atoms with E-state index in [-0.39, 0.29) is 0 Å². The van der Waals surface area contributed by atoms with Gasteiger partial charge in [0.1, 0.15) is 0 Å². The van der Waals surface area contributed by atoms with Crippen molar-refractivity contribution in [2.24, 2.45) is 0 Å². The van der Waals surface area contributed by atoms with Gasteiger partial charge in [0.15, 0.2) is 0 Å². The molecule has 0 atom stereocenters. The number of benzene rings is 2. The third-order valence-electron chi connectivity index (χ3n) is 2.73. The highest BCUT2D eigenvalue weighted by Crippen LogP contribution is 2.15. The maximum atomic E-state index is 5.85. The quantitative estimate of drug-likeness (QED) is 0.816. The predicted molar refractivity (Wildman–Crippen MR) is 80.2 cm³/mol. The molecule has 18 heavy (non-hydrogen) atoms. The van der Waals surface area contributed by atoms with E-state index >= 15 is 0 Å². The number of rotatable bonds is 5. The second-order valence-corrected chi connectivity index (χ2v) is 5.39. The lowest BCUT2D eigenvalue weighted by Crippen LogP contribution is -2.12. The van der Waals surface area contributed by atoms with Crippen molar-refractivity contribution in [1.82, 2.24) is 5.32 Å². The van der Waals surface area contributed by atoms with Crippen LogP contribution in [0.2, 0.25) is 5.02 Å². The molecule has 0 fully saturated rings. The second-order valence-electron chi connectivity index (χ2n) is 4.08. The van der Waals surface area contributed by atoms with Crippen LogP contribution in [0.3, 0.4) is 0 Å². The van der Waals surface area contributed by atoms with E-state index in [2.05, 4.69) is 35.8 Å². The molecule has 0 unspecified atom stereocenters. The highest BCUT2D eigenvalue weighted by atomic mass is 35.5. The molecule has 0 bridgehead atoms. The first-order valence-electron chi connectivity index (χ1n) is 5.86. The average Bonchev–Trinajstić information content (AvgIpc) is 2.42. The monoisotopic (exact) mass is 277 g/mol. The predicted octanol–water partition coefficient (Wildman–Crippen LogP) is 4.35. The lowest BCUT2D eigenvalue weighted by atomic mass is 10.2. The largest absolute Gasteiger partial charge is 0.309 e. The summed E-state index contributed by atoms with van der Waals surface area (Å²) in [4.78, 5) is 1.30. The van der Waals surface area contributed by atoms with Crippen molar-refractivity contribution in [2.75, 3.05) is 6.26 Å². The summed E-state index contributed by atoms with van der Waals surface area (Å²) in [6, 6.07) is 16.6. The van der Waals surface area contributed by atoms with E-state index in [4.69, 9.17) is 11.6 Å². The summed E-state index contributed by atoms with van der Waals surface area (Å²) < 4.78 is 0. The Kier molecular flexibility index (Phi) is 5.12. The fraction of sp³-hybridized carbons (Fsp3) is 0.200. The molecule has 2 aromatic carbocycles. The standard InChI is InChI=1S/C15H16ClNS/c1-18-15-8-4-13(5-9-15)11-17-10-12-2-6-14(16)7-3-12/h2-9,17H,10-11H2,1H3. The molecule has 0 saturated heterocycles. The van der Waals surface area contributed by atoms with E-state index < -0.39 is 0 Å². The molecule has 0 amide bonds. The molecule has 2 rings (SSSR count). The average molecular weight is 278 g/mol. The van der Waals surface area contributed by atoms with Gasteiger partial charge >= 0.3 is 0 Å². The first-order valence-corrected chi connectivity index (χ1v) is 7.46. The van der Waals surface area contributed by atoms with Gasteiger partial charge in [-0.15, -0.1) is 11.8 Å². The molecule has 0 spiro atoms. The summed E-state index contributed by atoms with van der Waals surface area (Å²) in [5, 5.41) is 4.21. The summed E-state index contributed by atoms with van der Waals surface area (Å²) in [5.41, 5.74) is 2.56. The van der Waals surface area contributed by atoms with E-state index in [0.29, 0.717) is 0 Å². The van der Waals surface area contributed by atoms with Crippen molar-refractivity contribution in [2.45, 2.75) is 18.0 Å². The Morgan fingerprint density at radius 2 is 1.39 bits per heavy atom. The Hall–Kier alpha value is -0.960. The number of halogens is 1. The van der Waals surface area contributed by atoms with Crippen LogP contribution in [0.1, 0.15) is 11.1 Å². The van der Waals surface area contributed by atoms with Crippen molar-refractivity contribution < 1.29 is 0 Å². The SMILES string of the molecule is CSc1ccc(CNCc2ccc(Cl)cc2)cc1. The van der Waals surface area contributed by atoms with Crippen LogP contribution in [0.25, 0.3) is 0 Å². The first kappa shape index (κ1) is 13.5. The summed E-state index contributed by atoms with van der Waals surface area (Å²) in [6.45, 7) is 1.75. The highest BCUT2D eigenvalue weighted by Gasteiger charge is 1.95. The molecule has 0 saturated carbocycles. The molecular formula is C15H16ClNS. The van der Waals surface area contributed by atoms with Crippen molar-refractivity contribution in [3.63, 3.8) is 0 Å². The van der Waals surface area contributed by atoms with Gasteiger partial charge in [-0.3, -0.25) is 0 Å². The van der Waals surface area contributed by atoms with Crippen LogP contribution in [-0.4, -0.2) is 6.26 Å². The molecule has 0 aliphatic carbocycles. The summed E-state index contributed by atoms with van der Waals surface area (Å²) in [5.74, 6) is 0. The minimum Gasteiger partial charge on any atom is -0.309 e. The lowest BCUT2D eigenvalue weighted by Gasteiger charge is -2.06. The first-order chi connectivity index (χ1) is 8.78. The van der Waals surface area contributed by atoms with E-state index in [9.17, 15) is 0 Å². The zero-order valence-electron chi connectivity index (χ0n) is 10.3. The Bertz CT molecular complexity index is 479. The maximum Gasteiger partial charge on any atom is 0.0406 e. The molecule has 2 aromatic rings. The molecule has 1 N–H and O–H groups in total. The van der Waals surface area contributed by atoms with E-state index in [0.717, 1.165) is 18.1 Å². The van der Waals surface area contributed by atoms with Crippen LogP contribution in [0.4, 0.5) is 0 Å². The fourth-order valence-electron chi connectivity index (χ4n) is 1.70. The third-order valence-corrected chi connectivity index (χ3v) is 3.73. The van der Waals surface area contributed by atoms with Gasteiger partial charge in [0, 0.05) is 23.0 Å². The third kappa shape index (κ3) is 4.05. The van der Waals surface area contributed by atoms with Crippen LogP contribution < -0.4 is 5.32 Å². The minimum absolute atomic E-state index is 0.784. The van der Waals surface area contributed by atoms with Gasteiger partial charge in [0.05, 0.1) is 0 Å². The molecule has 1 nitrogen and oxygen atoms in total. The van der Waals surface area contributed by atoms with E-state index in [1.807, 2.05) is 24.3 Å². The van der Waals surface area contributed by atoms with Gasteiger partial charge in [0.2, 0.25) is 0 Å². The van der Waals surface area contributed by atoms with Crippen LogP contribution in [0.5, 0.6) is 0 Å². The van der Waals surface area contributed by atoms with Crippen LogP contribution in [0, 0.1) is 0 Å². The molecule has 94 valence electrons. The molecule has 0 aromatic heterocycles. The Labute approximate surface area is 118 Å². The summed E-state index contributed by atoms with van der Waals surface area (Å²) in [7, 11) is 0. The van der Waals surface area contributed by atoms with Crippen molar-refractivity contribution >= 4 is 23.4 Å². The number of thioether (sulfide) groups is 1. The molecule has 0 aliphatic heterocycles. The van der Waals surface area contributed by atoms with Crippen molar-refractivity contribution in [3.05, 3.63) is 64.7 Å². The summed E-state index contributed by atoms with van der Waals surface area (Å²) >= 11 is 7.61. The van der Waals surface area contributed by atoms with Gasteiger partial charge < -0.3 is 5.32 Å². The maximum absolute atomic E-state index is 5.85. The molecule has 0 heterocycles. The number of hydrogen-bond acceptors (Lipinski definition) is 2. The topological polar surface area (TPSA) is 12.0 Å². The Morgan fingerprint density at radius 1 is 0.889 bits per heavy atom. The summed E-state index contributed by atoms with van der Waals surface area (Å²) in [6.07, 6.45) is 2.09. The van der Waals surface area contributed by atoms with Crippen LogP contribution in [0.15, 0.2) is 53.4 Å². The van der Waals surface area contributed by atoms with Crippen LogP contribution in [-0.2, 0) is 13.1 Å². The molecule has 0 aliphatic rings. The Balaban J connectivity index is 1.82. The molecule has 3 heteroatoms. The smallest absolute Gasteiger partial charge is 0.0406 e. The highest BCUT2D eigenvalue weighted by molar-refractivity contribution is 7.98. The number of nitrogens with one attached hydrogen (secondary N) is 1. The van der Waals surface area contributed by atoms with Gasteiger partial charge in [-0.2, -0.15) is 0 Å². The number of hydrogen-bond donors (Lipinski definition) is 1.